The van der Waals surface area contributed by atoms with Gasteiger partial charge in [-0.15, -0.1) is 6.42 Å². The van der Waals surface area contributed by atoms with Crippen LogP contribution in [0.1, 0.15) is 18.1 Å². The summed E-state index contributed by atoms with van der Waals surface area (Å²) in [5.74, 6) is 3.35. The molecule has 2 heterocycles. The maximum absolute atomic E-state index is 10.8. The van der Waals surface area contributed by atoms with Crippen molar-refractivity contribution >= 4 is 38.5 Å². The van der Waals surface area contributed by atoms with Crippen LogP contribution in [0.15, 0.2) is 152 Å². The van der Waals surface area contributed by atoms with Crippen molar-refractivity contribution in [3.8, 4) is 63.8 Å². The van der Waals surface area contributed by atoms with Crippen molar-refractivity contribution in [3.05, 3.63) is 163 Å². The molecule has 0 spiro atoms. The van der Waals surface area contributed by atoms with E-state index in [2.05, 4.69) is 83.3 Å². The predicted octanol–water partition coefficient (Wildman–Crippen LogP) is 10.9. The summed E-state index contributed by atoms with van der Waals surface area (Å²) in [5.41, 5.74) is 10.2. The third kappa shape index (κ3) is 5.26. The largest absolute Gasteiger partial charge is 0.307 e. The maximum Gasteiger partial charge on any atom is 0.146 e. The summed E-state index contributed by atoms with van der Waals surface area (Å²) in [6.07, 6.45) is 11.7. The maximum atomic E-state index is 10.8. The minimum atomic E-state index is 0.348. The van der Waals surface area contributed by atoms with Gasteiger partial charge in [-0.25, -0.2) is 4.98 Å². The second kappa shape index (κ2) is 12.9. The lowest BCUT2D eigenvalue weighted by Gasteiger charge is -2.15. The second-order valence-electron chi connectivity index (χ2n) is 12.2. The molecule has 238 valence electrons. The number of nitrogens with zero attached hydrogens (tertiary/aromatic N) is 5. The number of aromatic nitrogens is 3. The molecule has 0 unspecified atom stereocenters. The quantitative estimate of drug-likeness (QED) is 0.133. The summed E-state index contributed by atoms with van der Waals surface area (Å²) in [6.45, 7) is 1.92. The van der Waals surface area contributed by atoms with Crippen LogP contribution < -0.4 is 0 Å². The van der Waals surface area contributed by atoms with E-state index in [4.69, 9.17) is 11.4 Å². The Labute approximate surface area is 295 Å². The van der Waals surface area contributed by atoms with Gasteiger partial charge < -0.3 is 4.57 Å². The molecule has 5 nitrogen and oxygen atoms in total. The fourth-order valence-corrected chi connectivity index (χ4v) is 6.90. The molecule has 6 aromatic carbocycles. The van der Waals surface area contributed by atoms with Gasteiger partial charge in [0.1, 0.15) is 18.0 Å². The number of hydrogen-bond acceptors (Lipinski definition) is 3. The van der Waals surface area contributed by atoms with Crippen molar-refractivity contribution < 1.29 is 0 Å². The van der Waals surface area contributed by atoms with Crippen LogP contribution >= 0.6 is 0 Å². The smallest absolute Gasteiger partial charge is 0.146 e. The fraction of sp³-hybridized carbons (Fsp3) is 0.0217. The molecule has 8 rings (SSSR count). The van der Waals surface area contributed by atoms with Gasteiger partial charge in [0, 0.05) is 16.3 Å². The Morgan fingerprint density at radius 3 is 1.71 bits per heavy atom. The third-order valence-corrected chi connectivity index (χ3v) is 9.21. The highest BCUT2D eigenvalue weighted by Crippen LogP contribution is 2.40. The topological polar surface area (TPSA) is 70.3 Å². The van der Waals surface area contributed by atoms with E-state index in [1.165, 1.54) is 0 Å². The summed E-state index contributed by atoms with van der Waals surface area (Å²) < 4.78 is 3.96. The SMILES string of the molecule is C#CC(=CC=CC)n1c(-c2cc(C#N)c(-n3c4ccc(-c5ccccc5)cc4c4cc(-c5ccccc5)ccc43)c(C#N)c2)nc2ccccc21. The summed E-state index contributed by atoms with van der Waals surface area (Å²) in [4.78, 5) is 4.96. The monoisotopic (exact) mass is 651 g/mol. The van der Waals surface area contributed by atoms with Crippen molar-refractivity contribution in [2.45, 2.75) is 6.92 Å². The first-order valence-electron chi connectivity index (χ1n) is 16.6. The normalized spacial score (nSPS) is 11.6. The van der Waals surface area contributed by atoms with Crippen molar-refractivity contribution in [2.75, 3.05) is 0 Å². The molecule has 0 fully saturated rings. The Bertz CT molecular complexity index is 2700. The lowest BCUT2D eigenvalue weighted by Crippen LogP contribution is -2.04. The van der Waals surface area contributed by atoms with Gasteiger partial charge in [-0.2, -0.15) is 10.5 Å². The Morgan fingerprint density at radius 1 is 0.627 bits per heavy atom. The number of hydrogen-bond donors (Lipinski definition) is 0. The van der Waals surface area contributed by atoms with Crippen molar-refractivity contribution in [1.82, 2.24) is 14.1 Å². The number of rotatable bonds is 6. The van der Waals surface area contributed by atoms with Gasteiger partial charge in [-0.1, -0.05) is 103 Å². The van der Waals surface area contributed by atoms with Gasteiger partial charge in [0.05, 0.1) is 44.6 Å². The van der Waals surface area contributed by atoms with Crippen molar-refractivity contribution in [2.24, 2.45) is 0 Å². The third-order valence-electron chi connectivity index (χ3n) is 9.21. The Morgan fingerprint density at radius 2 is 1.18 bits per heavy atom. The van der Waals surface area contributed by atoms with E-state index in [0.29, 0.717) is 33.9 Å². The molecule has 0 saturated carbocycles. The molecule has 0 aliphatic carbocycles. The van der Waals surface area contributed by atoms with Crippen LogP contribution in [0, 0.1) is 35.0 Å². The minimum absolute atomic E-state index is 0.348. The van der Waals surface area contributed by atoms with Gasteiger partial charge in [0.15, 0.2) is 0 Å². The van der Waals surface area contributed by atoms with E-state index in [1.54, 1.807) is 0 Å². The van der Waals surface area contributed by atoms with E-state index in [9.17, 15) is 10.5 Å². The molecule has 51 heavy (non-hydrogen) atoms. The van der Waals surface area contributed by atoms with E-state index < -0.39 is 0 Å². The summed E-state index contributed by atoms with van der Waals surface area (Å²) >= 11 is 0. The minimum Gasteiger partial charge on any atom is -0.307 e. The van der Waals surface area contributed by atoms with Crippen LogP contribution in [0.5, 0.6) is 0 Å². The molecule has 8 aromatic rings. The van der Waals surface area contributed by atoms with Crippen LogP contribution in [-0.2, 0) is 0 Å². The molecule has 0 aliphatic heterocycles. The highest BCUT2D eigenvalue weighted by atomic mass is 15.1. The van der Waals surface area contributed by atoms with Gasteiger partial charge >= 0.3 is 0 Å². The number of imidazole rings is 1. The van der Waals surface area contributed by atoms with E-state index in [1.807, 2.05) is 103 Å². The molecule has 0 bridgehead atoms. The highest BCUT2D eigenvalue weighted by Gasteiger charge is 2.23. The van der Waals surface area contributed by atoms with E-state index >= 15 is 0 Å². The number of fused-ring (bicyclic) bond motifs is 4. The molecule has 5 heteroatoms. The molecule has 0 N–H and O–H groups in total. The second-order valence-corrected chi connectivity index (χ2v) is 12.2. The van der Waals surface area contributed by atoms with Crippen LogP contribution in [0.3, 0.4) is 0 Å². The summed E-state index contributed by atoms with van der Waals surface area (Å²) in [7, 11) is 0. The predicted molar refractivity (Wildman–Crippen MR) is 208 cm³/mol. The van der Waals surface area contributed by atoms with Gasteiger partial charge in [-0.3, -0.25) is 4.57 Å². The molecule has 0 saturated heterocycles. The van der Waals surface area contributed by atoms with Gasteiger partial charge in [0.25, 0.3) is 0 Å². The van der Waals surface area contributed by atoms with Crippen LogP contribution in [-0.4, -0.2) is 14.1 Å². The number of para-hydroxylation sites is 2. The van der Waals surface area contributed by atoms with Crippen molar-refractivity contribution in [1.29, 1.82) is 10.5 Å². The highest BCUT2D eigenvalue weighted by molar-refractivity contribution is 6.12. The molecule has 0 aliphatic rings. The first kappa shape index (κ1) is 30.9. The zero-order chi connectivity index (χ0) is 34.9. The molecule has 2 aromatic heterocycles. The number of nitriles is 2. The summed E-state index contributed by atoms with van der Waals surface area (Å²) in [5, 5.41) is 23.6. The summed E-state index contributed by atoms with van der Waals surface area (Å²) in [6, 6.07) is 49.6. The molecule has 0 amide bonds. The van der Waals surface area contributed by atoms with Gasteiger partial charge in [-0.05, 0) is 83.8 Å². The van der Waals surface area contributed by atoms with Crippen LogP contribution in [0.2, 0.25) is 0 Å². The average molecular weight is 652 g/mol. The molecule has 0 radical (unpaired) electrons. The molecule has 0 atom stereocenters. The fourth-order valence-electron chi connectivity index (χ4n) is 6.90. The lowest BCUT2D eigenvalue weighted by molar-refractivity contribution is 1.13. The first-order chi connectivity index (χ1) is 25.1. The standard InChI is InChI=1S/C46H29N5/c1-3-5-18-38(4-2)50-44-20-13-12-19-41(44)49-46(50)35-25-36(29-47)45(37(26-35)30-48)51-42-23-21-33(31-14-8-6-9-15-31)27-39(42)40-28-34(22-24-43(40)51)32-16-10-7-11-17-32/h2-3,5-28H,1H3. The molecular formula is C46H29N5. The van der Waals surface area contributed by atoms with Crippen LogP contribution in [0.4, 0.5) is 0 Å². The first-order valence-corrected chi connectivity index (χ1v) is 16.6. The number of benzene rings is 6. The zero-order valence-corrected chi connectivity index (χ0v) is 27.7. The van der Waals surface area contributed by atoms with Gasteiger partial charge in [0.2, 0.25) is 0 Å². The Kier molecular flexibility index (Phi) is 7.82. The van der Waals surface area contributed by atoms with Crippen molar-refractivity contribution in [3.63, 3.8) is 0 Å². The average Bonchev–Trinajstić information content (AvgIpc) is 3.74. The van der Waals surface area contributed by atoms with E-state index in [-0.39, 0.29) is 0 Å². The zero-order valence-electron chi connectivity index (χ0n) is 27.7. The lowest BCUT2D eigenvalue weighted by atomic mass is 10.0. The van der Waals surface area contributed by atoms with Crippen LogP contribution in [0.25, 0.3) is 77.9 Å². The molecular weight excluding hydrogens is 623 g/mol. The number of allylic oxidation sites excluding steroid dienone is 4. The Hall–Kier alpha value is -7.39. The number of terminal acetylenes is 1. The van der Waals surface area contributed by atoms with E-state index in [0.717, 1.165) is 55.1 Å². The Balaban J connectivity index is 1.41.